The smallest absolute Gasteiger partial charge is 0.229 e. The Kier molecular flexibility index (Phi) is 4.09. The van der Waals surface area contributed by atoms with Gasteiger partial charge in [0, 0.05) is 5.92 Å². The first-order valence-electron chi connectivity index (χ1n) is 6.68. The molecule has 1 aromatic carbocycles. The molecule has 1 unspecified atom stereocenters. The first-order valence-corrected chi connectivity index (χ1v) is 6.68. The maximum absolute atomic E-state index is 6.34. The van der Waals surface area contributed by atoms with Gasteiger partial charge in [-0.2, -0.15) is 4.98 Å². The first kappa shape index (κ1) is 14.5. The van der Waals surface area contributed by atoms with Gasteiger partial charge in [0.2, 0.25) is 5.89 Å². The Hall–Kier alpha value is -1.88. The molecule has 20 heavy (non-hydrogen) atoms. The van der Waals surface area contributed by atoms with Crippen LogP contribution in [0.15, 0.2) is 28.8 Å². The van der Waals surface area contributed by atoms with E-state index in [0.717, 1.165) is 11.3 Å². The molecule has 0 fully saturated rings. The standard InChI is InChI=1S/C15H21N3O2/c1-10(2)13-17-14(18-20-13)15(3,16)9-11-5-7-12(19-4)8-6-11/h5-8,10H,9,16H2,1-4H3. The number of nitrogens with two attached hydrogens (primary N) is 1. The second-order valence-corrected chi connectivity index (χ2v) is 5.55. The van der Waals surface area contributed by atoms with Crippen molar-refractivity contribution in [1.29, 1.82) is 0 Å². The zero-order valence-corrected chi connectivity index (χ0v) is 12.4. The Morgan fingerprint density at radius 1 is 1.30 bits per heavy atom. The van der Waals surface area contributed by atoms with E-state index in [0.29, 0.717) is 18.1 Å². The lowest BCUT2D eigenvalue weighted by Gasteiger charge is -2.20. The number of ether oxygens (including phenoxy) is 1. The van der Waals surface area contributed by atoms with Crippen LogP contribution in [-0.2, 0) is 12.0 Å². The van der Waals surface area contributed by atoms with Crippen LogP contribution in [0.2, 0.25) is 0 Å². The van der Waals surface area contributed by atoms with E-state index in [1.54, 1.807) is 7.11 Å². The minimum Gasteiger partial charge on any atom is -0.497 e. The van der Waals surface area contributed by atoms with Gasteiger partial charge >= 0.3 is 0 Å². The van der Waals surface area contributed by atoms with E-state index >= 15 is 0 Å². The molecule has 0 aliphatic rings. The van der Waals surface area contributed by atoms with Crippen LogP contribution >= 0.6 is 0 Å². The van der Waals surface area contributed by atoms with Crippen molar-refractivity contribution in [3.05, 3.63) is 41.5 Å². The molecule has 0 spiro atoms. The highest BCUT2D eigenvalue weighted by atomic mass is 16.5. The third-order valence-corrected chi connectivity index (χ3v) is 3.18. The zero-order chi connectivity index (χ0) is 14.8. The Morgan fingerprint density at radius 3 is 2.45 bits per heavy atom. The Labute approximate surface area is 119 Å². The van der Waals surface area contributed by atoms with Gasteiger partial charge in [-0.1, -0.05) is 31.1 Å². The van der Waals surface area contributed by atoms with Crippen molar-refractivity contribution in [2.45, 2.75) is 38.6 Å². The summed E-state index contributed by atoms with van der Waals surface area (Å²) in [5.41, 5.74) is 6.78. The summed E-state index contributed by atoms with van der Waals surface area (Å²) in [6.45, 7) is 5.93. The molecule has 1 heterocycles. The zero-order valence-electron chi connectivity index (χ0n) is 12.4. The molecule has 2 rings (SSSR count). The normalized spacial score (nSPS) is 14.3. The summed E-state index contributed by atoms with van der Waals surface area (Å²) in [5, 5.41) is 4.00. The van der Waals surface area contributed by atoms with Crippen LogP contribution in [0.5, 0.6) is 5.75 Å². The maximum Gasteiger partial charge on any atom is 0.229 e. The molecule has 0 saturated heterocycles. The van der Waals surface area contributed by atoms with Crippen LogP contribution in [0, 0.1) is 0 Å². The summed E-state index contributed by atoms with van der Waals surface area (Å²) in [7, 11) is 1.65. The van der Waals surface area contributed by atoms with Crippen molar-refractivity contribution in [3.8, 4) is 5.75 Å². The summed E-state index contributed by atoms with van der Waals surface area (Å²) < 4.78 is 10.4. The average molecular weight is 275 g/mol. The predicted molar refractivity (Wildman–Crippen MR) is 76.6 cm³/mol. The lowest BCUT2D eigenvalue weighted by Crippen LogP contribution is -2.36. The SMILES string of the molecule is COc1ccc(CC(C)(N)c2noc(C(C)C)n2)cc1. The van der Waals surface area contributed by atoms with Gasteiger partial charge in [0.1, 0.15) is 5.75 Å². The molecule has 0 bridgehead atoms. The fraction of sp³-hybridized carbons (Fsp3) is 0.467. The van der Waals surface area contributed by atoms with E-state index in [1.165, 1.54) is 0 Å². The van der Waals surface area contributed by atoms with E-state index in [-0.39, 0.29) is 5.92 Å². The van der Waals surface area contributed by atoms with Crippen LogP contribution in [-0.4, -0.2) is 17.3 Å². The van der Waals surface area contributed by atoms with Crippen molar-refractivity contribution in [3.63, 3.8) is 0 Å². The largest absolute Gasteiger partial charge is 0.497 e. The minimum atomic E-state index is -0.661. The average Bonchev–Trinajstić information content (AvgIpc) is 2.90. The summed E-state index contributed by atoms with van der Waals surface area (Å²) in [5.74, 6) is 2.19. The molecule has 5 nitrogen and oxygen atoms in total. The molecular formula is C15H21N3O2. The third-order valence-electron chi connectivity index (χ3n) is 3.18. The van der Waals surface area contributed by atoms with Crippen LogP contribution < -0.4 is 10.5 Å². The van der Waals surface area contributed by atoms with Crippen molar-refractivity contribution >= 4 is 0 Å². The van der Waals surface area contributed by atoms with Gasteiger partial charge in [-0.15, -0.1) is 0 Å². The maximum atomic E-state index is 6.34. The molecule has 108 valence electrons. The molecule has 0 radical (unpaired) electrons. The quantitative estimate of drug-likeness (QED) is 0.908. The number of methoxy groups -OCH3 is 1. The molecular weight excluding hydrogens is 254 g/mol. The van der Waals surface area contributed by atoms with E-state index in [9.17, 15) is 0 Å². The second-order valence-electron chi connectivity index (χ2n) is 5.55. The molecule has 1 atom stereocenters. The first-order chi connectivity index (χ1) is 9.42. The van der Waals surface area contributed by atoms with Crippen molar-refractivity contribution in [1.82, 2.24) is 10.1 Å². The van der Waals surface area contributed by atoms with E-state index in [2.05, 4.69) is 10.1 Å². The molecule has 5 heteroatoms. The number of aromatic nitrogens is 2. The molecule has 0 aliphatic heterocycles. The monoisotopic (exact) mass is 275 g/mol. The Bertz CT molecular complexity index is 559. The van der Waals surface area contributed by atoms with Gasteiger partial charge < -0.3 is 15.0 Å². The highest BCUT2D eigenvalue weighted by molar-refractivity contribution is 5.28. The lowest BCUT2D eigenvalue weighted by atomic mass is 9.93. The van der Waals surface area contributed by atoms with Gasteiger partial charge in [0.15, 0.2) is 5.82 Å². The topological polar surface area (TPSA) is 74.2 Å². The molecule has 1 aromatic heterocycles. The number of benzene rings is 1. The molecule has 0 amide bonds. The van der Waals surface area contributed by atoms with Gasteiger partial charge in [0.05, 0.1) is 12.6 Å². The van der Waals surface area contributed by atoms with Crippen molar-refractivity contribution in [2.75, 3.05) is 7.11 Å². The fourth-order valence-electron chi connectivity index (χ4n) is 1.95. The van der Waals surface area contributed by atoms with Crippen LogP contribution in [0.4, 0.5) is 0 Å². The third kappa shape index (κ3) is 3.17. The molecule has 2 N–H and O–H groups in total. The van der Waals surface area contributed by atoms with Gasteiger partial charge in [-0.25, -0.2) is 0 Å². The van der Waals surface area contributed by atoms with E-state index in [1.807, 2.05) is 45.0 Å². The summed E-state index contributed by atoms with van der Waals surface area (Å²) in [6, 6.07) is 7.82. The van der Waals surface area contributed by atoms with Crippen molar-refractivity contribution in [2.24, 2.45) is 5.73 Å². The van der Waals surface area contributed by atoms with E-state index in [4.69, 9.17) is 15.0 Å². The number of hydrogen-bond acceptors (Lipinski definition) is 5. The second kappa shape index (κ2) is 5.63. The summed E-state index contributed by atoms with van der Waals surface area (Å²) in [6.07, 6.45) is 0.633. The molecule has 0 aliphatic carbocycles. The fourth-order valence-corrected chi connectivity index (χ4v) is 1.95. The van der Waals surface area contributed by atoms with Gasteiger partial charge in [0.25, 0.3) is 0 Å². The number of hydrogen-bond donors (Lipinski definition) is 1. The Balaban J connectivity index is 2.16. The molecule has 0 saturated carbocycles. The number of rotatable bonds is 5. The Morgan fingerprint density at radius 2 is 1.95 bits per heavy atom. The summed E-state index contributed by atoms with van der Waals surface area (Å²) in [4.78, 5) is 4.38. The lowest BCUT2D eigenvalue weighted by molar-refractivity contribution is 0.345. The van der Waals surface area contributed by atoms with Crippen LogP contribution in [0.25, 0.3) is 0 Å². The predicted octanol–water partition coefficient (Wildman–Crippen LogP) is 2.62. The van der Waals surface area contributed by atoms with Crippen LogP contribution in [0.1, 0.15) is 44.0 Å². The highest BCUT2D eigenvalue weighted by Crippen LogP contribution is 2.23. The highest BCUT2D eigenvalue weighted by Gasteiger charge is 2.28. The van der Waals surface area contributed by atoms with Crippen molar-refractivity contribution < 1.29 is 9.26 Å². The van der Waals surface area contributed by atoms with Gasteiger partial charge in [-0.3, -0.25) is 0 Å². The number of nitrogens with zero attached hydrogens (tertiary/aromatic N) is 2. The summed E-state index contributed by atoms with van der Waals surface area (Å²) >= 11 is 0. The molecule has 2 aromatic rings. The van der Waals surface area contributed by atoms with E-state index < -0.39 is 5.54 Å². The minimum absolute atomic E-state index is 0.202. The van der Waals surface area contributed by atoms with Crippen LogP contribution in [0.3, 0.4) is 0 Å². The van der Waals surface area contributed by atoms with Gasteiger partial charge in [-0.05, 0) is 31.0 Å².